The van der Waals surface area contributed by atoms with Gasteiger partial charge >= 0.3 is 0 Å². The third-order valence-corrected chi connectivity index (χ3v) is 7.17. The third-order valence-electron chi connectivity index (χ3n) is 7.17. The van der Waals surface area contributed by atoms with Crippen molar-refractivity contribution in [3.05, 3.63) is 29.3 Å². The van der Waals surface area contributed by atoms with Crippen LogP contribution in [0.5, 0.6) is 5.75 Å². The van der Waals surface area contributed by atoms with Crippen molar-refractivity contribution in [2.24, 2.45) is 23.2 Å². The normalized spacial score (nSPS) is 43.2. The summed E-state index contributed by atoms with van der Waals surface area (Å²) in [5.41, 5.74) is 3.22. The van der Waals surface area contributed by atoms with Crippen LogP contribution in [-0.4, -0.2) is 18.3 Å². The molecule has 2 nitrogen and oxygen atoms in total. The van der Waals surface area contributed by atoms with Crippen molar-refractivity contribution in [1.82, 2.24) is 0 Å². The van der Waals surface area contributed by atoms with E-state index in [1.165, 1.54) is 31.2 Å². The molecule has 2 fully saturated rings. The van der Waals surface area contributed by atoms with E-state index in [1.807, 2.05) is 0 Å². The molecule has 0 heterocycles. The molecule has 1 N–H and O–H groups in total. The monoisotopic (exact) mass is 300 g/mol. The second-order valence-corrected chi connectivity index (χ2v) is 8.18. The molecule has 2 heteroatoms. The molecule has 1 aromatic carbocycles. The van der Waals surface area contributed by atoms with E-state index in [9.17, 15) is 5.11 Å². The van der Waals surface area contributed by atoms with Crippen LogP contribution in [-0.2, 0) is 6.42 Å². The molecule has 0 radical (unpaired) electrons. The molecule has 120 valence electrons. The molecular weight excluding hydrogens is 272 g/mol. The van der Waals surface area contributed by atoms with Gasteiger partial charge in [0, 0.05) is 0 Å². The highest BCUT2D eigenvalue weighted by atomic mass is 16.5. The Bertz CT molecular complexity index is 581. The Kier molecular flexibility index (Phi) is 3.30. The molecule has 3 aliphatic carbocycles. The highest BCUT2D eigenvalue weighted by molar-refractivity contribution is 5.41. The first-order chi connectivity index (χ1) is 10.5. The van der Waals surface area contributed by atoms with Crippen molar-refractivity contribution in [2.45, 2.75) is 58.0 Å². The average molecular weight is 300 g/mol. The van der Waals surface area contributed by atoms with Gasteiger partial charge in [0.25, 0.3) is 0 Å². The SMILES string of the molecule is COc1ccc2c(c1)CC[C@H]1[C@@H]2[C@H](C)C[C@]2(C)[C@@H](O)CC[C@@H]12. The van der Waals surface area contributed by atoms with Gasteiger partial charge in [0.1, 0.15) is 5.75 Å². The van der Waals surface area contributed by atoms with E-state index in [0.717, 1.165) is 18.1 Å². The quantitative estimate of drug-likeness (QED) is 0.844. The van der Waals surface area contributed by atoms with Gasteiger partial charge in [0.2, 0.25) is 0 Å². The van der Waals surface area contributed by atoms with E-state index < -0.39 is 0 Å². The summed E-state index contributed by atoms with van der Waals surface area (Å²) in [7, 11) is 1.75. The summed E-state index contributed by atoms with van der Waals surface area (Å²) < 4.78 is 5.41. The summed E-state index contributed by atoms with van der Waals surface area (Å²) in [5.74, 6) is 3.79. The summed E-state index contributed by atoms with van der Waals surface area (Å²) in [6, 6.07) is 6.69. The summed E-state index contributed by atoms with van der Waals surface area (Å²) in [4.78, 5) is 0. The molecule has 3 aliphatic rings. The molecule has 1 aromatic rings. The lowest BCUT2D eigenvalue weighted by Crippen LogP contribution is -2.47. The van der Waals surface area contributed by atoms with E-state index in [4.69, 9.17) is 4.74 Å². The molecule has 0 saturated heterocycles. The van der Waals surface area contributed by atoms with Gasteiger partial charge in [0.05, 0.1) is 13.2 Å². The Morgan fingerprint density at radius 3 is 2.82 bits per heavy atom. The number of rotatable bonds is 1. The number of hydrogen-bond acceptors (Lipinski definition) is 2. The standard InChI is InChI=1S/C20H28O2/c1-12-11-20(2)17(8-9-18(20)21)16-6-4-13-10-14(22-3)5-7-15(13)19(12)16/h5,7,10,12,16-19,21H,4,6,8-9,11H2,1-3H3/t12-,16-,17+,18+,19-,20+/m1/s1. The van der Waals surface area contributed by atoms with Crippen LogP contribution < -0.4 is 4.74 Å². The van der Waals surface area contributed by atoms with Crippen LogP contribution in [0.15, 0.2) is 18.2 Å². The van der Waals surface area contributed by atoms with Crippen LogP contribution in [0.4, 0.5) is 0 Å². The summed E-state index contributed by atoms with van der Waals surface area (Å²) in [6.07, 6.45) is 5.76. The highest BCUT2D eigenvalue weighted by Crippen LogP contribution is 2.62. The minimum absolute atomic E-state index is 0.0850. The van der Waals surface area contributed by atoms with E-state index in [-0.39, 0.29) is 11.5 Å². The van der Waals surface area contributed by atoms with Crippen molar-refractivity contribution >= 4 is 0 Å². The molecule has 22 heavy (non-hydrogen) atoms. The molecule has 0 aliphatic heterocycles. The van der Waals surface area contributed by atoms with Crippen LogP contribution in [0.1, 0.15) is 56.6 Å². The number of ether oxygens (including phenoxy) is 1. The summed E-state index contributed by atoms with van der Waals surface area (Å²) >= 11 is 0. The van der Waals surface area contributed by atoms with Crippen molar-refractivity contribution in [2.75, 3.05) is 7.11 Å². The van der Waals surface area contributed by atoms with E-state index in [0.29, 0.717) is 17.8 Å². The van der Waals surface area contributed by atoms with Gasteiger partial charge in [-0.1, -0.05) is 19.9 Å². The number of methoxy groups -OCH3 is 1. The fourth-order valence-electron chi connectivity index (χ4n) is 6.22. The number of benzene rings is 1. The molecule has 6 atom stereocenters. The van der Waals surface area contributed by atoms with E-state index >= 15 is 0 Å². The van der Waals surface area contributed by atoms with E-state index in [1.54, 1.807) is 12.7 Å². The van der Waals surface area contributed by atoms with Crippen molar-refractivity contribution in [3.63, 3.8) is 0 Å². The highest BCUT2D eigenvalue weighted by Gasteiger charge is 2.56. The Balaban J connectivity index is 1.73. The van der Waals surface area contributed by atoms with Crippen molar-refractivity contribution in [1.29, 1.82) is 0 Å². The van der Waals surface area contributed by atoms with Gasteiger partial charge in [-0.15, -0.1) is 0 Å². The molecule has 0 unspecified atom stereocenters. The number of aliphatic hydroxyl groups is 1. The number of aryl methyl sites for hydroxylation is 1. The first-order valence-corrected chi connectivity index (χ1v) is 8.89. The van der Waals surface area contributed by atoms with Crippen molar-refractivity contribution < 1.29 is 9.84 Å². The molecular formula is C20H28O2. The van der Waals surface area contributed by atoms with Gasteiger partial charge in [-0.2, -0.15) is 0 Å². The average Bonchev–Trinajstić information content (AvgIpc) is 2.81. The van der Waals surface area contributed by atoms with Crippen LogP contribution in [0, 0.1) is 23.2 Å². The van der Waals surface area contributed by atoms with Gasteiger partial charge in [-0.05, 0) is 84.5 Å². The fraction of sp³-hybridized carbons (Fsp3) is 0.700. The zero-order valence-corrected chi connectivity index (χ0v) is 14.0. The third kappa shape index (κ3) is 1.89. The Morgan fingerprint density at radius 1 is 1.23 bits per heavy atom. The lowest BCUT2D eigenvalue weighted by molar-refractivity contribution is -0.0441. The maximum Gasteiger partial charge on any atom is 0.119 e. The van der Waals surface area contributed by atoms with Crippen LogP contribution >= 0.6 is 0 Å². The lowest BCUT2D eigenvalue weighted by atomic mass is 9.52. The summed E-state index contributed by atoms with van der Waals surface area (Å²) in [5, 5.41) is 10.5. The largest absolute Gasteiger partial charge is 0.497 e. The topological polar surface area (TPSA) is 29.5 Å². The van der Waals surface area contributed by atoms with Crippen molar-refractivity contribution in [3.8, 4) is 5.75 Å². The van der Waals surface area contributed by atoms with Crippen LogP contribution in [0.25, 0.3) is 0 Å². The van der Waals surface area contributed by atoms with Gasteiger partial charge < -0.3 is 9.84 Å². The lowest BCUT2D eigenvalue weighted by Gasteiger charge is -2.53. The predicted octanol–water partition coefficient (Wildman–Crippen LogP) is 4.16. The molecule has 4 rings (SSSR count). The second kappa shape index (κ2) is 4.99. The molecule has 0 spiro atoms. The smallest absolute Gasteiger partial charge is 0.119 e. The minimum Gasteiger partial charge on any atom is -0.497 e. The first-order valence-electron chi connectivity index (χ1n) is 8.89. The van der Waals surface area contributed by atoms with Crippen LogP contribution in [0.2, 0.25) is 0 Å². The number of fused-ring (bicyclic) bond motifs is 5. The van der Waals surface area contributed by atoms with E-state index in [2.05, 4.69) is 32.0 Å². The fourth-order valence-corrected chi connectivity index (χ4v) is 6.22. The minimum atomic E-state index is -0.0850. The maximum absolute atomic E-state index is 10.5. The van der Waals surface area contributed by atoms with Gasteiger partial charge in [0.15, 0.2) is 0 Å². The number of aliphatic hydroxyl groups excluding tert-OH is 1. The molecule has 2 saturated carbocycles. The Morgan fingerprint density at radius 2 is 2.05 bits per heavy atom. The second-order valence-electron chi connectivity index (χ2n) is 8.18. The molecule has 0 amide bonds. The predicted molar refractivity (Wildman–Crippen MR) is 88.2 cm³/mol. The molecule has 0 bridgehead atoms. The molecule has 0 aromatic heterocycles. The summed E-state index contributed by atoms with van der Waals surface area (Å²) in [6.45, 7) is 4.76. The first kappa shape index (κ1) is 14.6. The van der Waals surface area contributed by atoms with Gasteiger partial charge in [-0.3, -0.25) is 0 Å². The van der Waals surface area contributed by atoms with Crippen LogP contribution in [0.3, 0.4) is 0 Å². The zero-order chi connectivity index (χ0) is 15.5. The maximum atomic E-state index is 10.5. The Labute approximate surface area is 133 Å². The number of hydrogen-bond donors (Lipinski definition) is 1. The Hall–Kier alpha value is -1.02. The van der Waals surface area contributed by atoms with Gasteiger partial charge in [-0.25, -0.2) is 0 Å². The zero-order valence-electron chi connectivity index (χ0n) is 14.0.